The van der Waals surface area contributed by atoms with E-state index in [4.69, 9.17) is 23.2 Å². The number of pyridine rings is 2. The second-order valence-electron chi connectivity index (χ2n) is 11.9. The number of rotatable bonds is 6. The summed E-state index contributed by atoms with van der Waals surface area (Å²) in [6.45, 7) is 6.36. The first kappa shape index (κ1) is 37.3. The lowest BCUT2D eigenvalue weighted by Crippen LogP contribution is -2.32. The highest BCUT2D eigenvalue weighted by molar-refractivity contribution is 6.33. The van der Waals surface area contributed by atoms with E-state index >= 15 is 0 Å². The van der Waals surface area contributed by atoms with Crippen molar-refractivity contribution >= 4 is 58.0 Å². The van der Waals surface area contributed by atoms with Crippen molar-refractivity contribution in [3.8, 4) is 0 Å². The maximum atomic E-state index is 13.6. The van der Waals surface area contributed by atoms with Crippen LogP contribution in [0.25, 0.3) is 0 Å². The number of carbonyl (C=O) groups excluding carboxylic acids is 2. The van der Waals surface area contributed by atoms with Gasteiger partial charge in [0.2, 0.25) is 0 Å². The summed E-state index contributed by atoms with van der Waals surface area (Å²) in [4.78, 5) is 37.2. The van der Waals surface area contributed by atoms with Crippen molar-refractivity contribution in [3.05, 3.63) is 129 Å². The number of nitrogens with zero attached hydrogens (tertiary/aromatic N) is 4. The highest BCUT2D eigenvalue weighted by Crippen LogP contribution is 2.33. The molecular weight excluding hydrogens is 707 g/mol. The number of hydrogen-bond acceptors (Lipinski definition) is 6. The van der Waals surface area contributed by atoms with Crippen LogP contribution in [0.15, 0.2) is 96.4 Å². The molecule has 4 aromatic rings. The summed E-state index contributed by atoms with van der Waals surface area (Å²) in [7, 11) is 0. The van der Waals surface area contributed by atoms with E-state index in [0.717, 1.165) is 29.7 Å². The lowest BCUT2D eigenvalue weighted by molar-refractivity contribution is -0.140. The van der Waals surface area contributed by atoms with Crippen LogP contribution >= 0.6 is 23.2 Å². The molecule has 0 fully saturated rings. The van der Waals surface area contributed by atoms with Gasteiger partial charge in [-0.1, -0.05) is 41.4 Å². The molecule has 2 aromatic heterocycles. The largest absolute Gasteiger partial charge is 0.419 e. The molecule has 2 N–H and O–H groups in total. The summed E-state index contributed by atoms with van der Waals surface area (Å²) in [6, 6.07) is 15.3. The third-order valence-corrected chi connectivity index (χ3v) is 8.97. The van der Waals surface area contributed by atoms with E-state index in [0.29, 0.717) is 66.0 Å². The van der Waals surface area contributed by atoms with Crippen molar-refractivity contribution in [1.82, 2.24) is 9.97 Å². The van der Waals surface area contributed by atoms with Gasteiger partial charge in [-0.05, 0) is 92.4 Å². The number of hydrogen-bond donors (Lipinski definition) is 2. The zero-order valence-electron chi connectivity index (χ0n) is 27.7. The third kappa shape index (κ3) is 9.65. The number of nitrogens with one attached hydrogen (secondary N) is 2. The van der Waals surface area contributed by atoms with Gasteiger partial charge in [0.15, 0.2) is 0 Å². The predicted molar refractivity (Wildman–Crippen MR) is 193 cm³/mol. The van der Waals surface area contributed by atoms with E-state index in [-0.39, 0.29) is 11.6 Å². The quantitative estimate of drug-likeness (QED) is 0.192. The maximum absolute atomic E-state index is 13.6. The highest BCUT2D eigenvalue weighted by atomic mass is 35.5. The number of anilines is 4. The molecule has 8 nitrogen and oxygen atoms in total. The highest BCUT2D eigenvalue weighted by Gasteiger charge is 2.34. The Balaban J connectivity index is 0.000000199. The molecule has 0 spiro atoms. The molecule has 0 saturated carbocycles. The maximum Gasteiger partial charge on any atom is 0.419 e. The van der Waals surface area contributed by atoms with E-state index in [1.165, 1.54) is 11.1 Å². The molecule has 0 unspecified atom stereocenters. The van der Waals surface area contributed by atoms with Crippen LogP contribution in [-0.4, -0.2) is 48.0 Å². The molecule has 0 radical (unpaired) electrons. The second kappa shape index (κ2) is 16.4. The SMILES string of the molecule is Cc1ccc(NC(=O)C2=CCN(c3ncccc3Cl)CC2)cc1C.O=C(Nc1ccc(C(F)(F)F)c(F)c1)C1=CCN(c2ncccc2Cl)CC1. The van der Waals surface area contributed by atoms with E-state index in [2.05, 4.69) is 32.4 Å². The number of halogens is 6. The molecular formula is C37H34Cl2F4N6O2. The van der Waals surface area contributed by atoms with Gasteiger partial charge in [0.1, 0.15) is 17.5 Å². The fraction of sp³-hybridized carbons (Fsp3) is 0.243. The van der Waals surface area contributed by atoms with Crippen LogP contribution in [0.4, 0.5) is 40.6 Å². The van der Waals surface area contributed by atoms with E-state index in [9.17, 15) is 27.2 Å². The Morgan fingerprint density at radius 2 is 1.22 bits per heavy atom. The van der Waals surface area contributed by atoms with Crippen LogP contribution in [-0.2, 0) is 15.8 Å². The van der Waals surface area contributed by atoms with Gasteiger partial charge in [-0.3, -0.25) is 9.59 Å². The second-order valence-corrected chi connectivity index (χ2v) is 12.7. The van der Waals surface area contributed by atoms with Gasteiger partial charge in [0.25, 0.3) is 11.8 Å². The minimum Gasteiger partial charge on any atom is -0.351 e. The fourth-order valence-corrected chi connectivity index (χ4v) is 5.90. The Kier molecular flexibility index (Phi) is 12.0. The van der Waals surface area contributed by atoms with Gasteiger partial charge >= 0.3 is 6.18 Å². The molecule has 0 bridgehead atoms. The Hall–Kier alpha value is -4.94. The Bertz CT molecular complexity index is 1980. The summed E-state index contributed by atoms with van der Waals surface area (Å²) in [5, 5.41) is 6.53. The normalized spacial score (nSPS) is 14.5. The number of aryl methyl sites for hydroxylation is 2. The lowest BCUT2D eigenvalue weighted by atomic mass is 10.1. The van der Waals surface area contributed by atoms with Gasteiger partial charge in [0, 0.05) is 61.1 Å². The topological polar surface area (TPSA) is 90.5 Å². The number of aromatic nitrogens is 2. The minimum absolute atomic E-state index is 0.0370. The molecule has 2 aromatic carbocycles. The average molecular weight is 742 g/mol. The van der Waals surface area contributed by atoms with Crippen molar-refractivity contribution in [2.75, 3.05) is 46.6 Å². The van der Waals surface area contributed by atoms with Crippen molar-refractivity contribution < 1.29 is 27.2 Å². The summed E-state index contributed by atoms with van der Waals surface area (Å²) in [5.41, 5.74) is 3.06. The Morgan fingerprint density at radius 3 is 1.63 bits per heavy atom. The summed E-state index contributed by atoms with van der Waals surface area (Å²) < 4.78 is 51.4. The van der Waals surface area contributed by atoms with Gasteiger partial charge in [-0.25, -0.2) is 14.4 Å². The fourth-order valence-electron chi connectivity index (χ4n) is 5.42. The molecule has 266 valence electrons. The summed E-state index contributed by atoms with van der Waals surface area (Å²) in [6.07, 6.45) is 3.26. The minimum atomic E-state index is -4.78. The van der Waals surface area contributed by atoms with E-state index in [1.54, 1.807) is 30.6 Å². The average Bonchev–Trinajstić information content (AvgIpc) is 3.10. The molecule has 4 heterocycles. The Morgan fingerprint density at radius 1 is 0.725 bits per heavy atom. The van der Waals surface area contributed by atoms with Gasteiger partial charge < -0.3 is 20.4 Å². The van der Waals surface area contributed by atoms with Crippen LogP contribution in [0, 0.1) is 19.7 Å². The van der Waals surface area contributed by atoms with Crippen molar-refractivity contribution in [2.45, 2.75) is 32.9 Å². The number of benzene rings is 2. The summed E-state index contributed by atoms with van der Waals surface area (Å²) in [5.74, 6) is -0.580. The molecule has 0 saturated heterocycles. The zero-order valence-corrected chi connectivity index (χ0v) is 29.2. The lowest BCUT2D eigenvalue weighted by Gasteiger charge is -2.27. The molecule has 0 atom stereocenters. The molecule has 2 amide bonds. The molecule has 2 aliphatic heterocycles. The summed E-state index contributed by atoms with van der Waals surface area (Å²) >= 11 is 12.3. The number of carbonyl (C=O) groups is 2. The first-order chi connectivity index (χ1) is 24.3. The molecule has 2 aliphatic rings. The smallest absolute Gasteiger partial charge is 0.351 e. The standard InChI is InChI=1S/C19H20ClN3O.C18H14ClF4N3O/c1-13-5-6-16(12-14(13)2)22-19(24)15-7-10-23(11-8-15)18-17(20)4-3-9-21-18;19-14-2-1-7-24-16(14)26-8-5-11(6-9-26)17(27)25-12-3-4-13(15(20)10-12)18(21,22)23/h3-7,9,12H,8,10-11H2,1-2H3,(H,22,24);1-5,7,10H,6,8-9H2,(H,25,27). The third-order valence-electron chi connectivity index (χ3n) is 8.38. The zero-order chi connectivity index (χ0) is 36.7. The van der Waals surface area contributed by atoms with E-state index in [1.807, 2.05) is 48.2 Å². The molecule has 6 rings (SSSR count). The van der Waals surface area contributed by atoms with Crippen molar-refractivity contribution in [1.29, 1.82) is 0 Å². The van der Waals surface area contributed by atoms with Crippen LogP contribution in [0.5, 0.6) is 0 Å². The van der Waals surface area contributed by atoms with Crippen LogP contribution in [0.1, 0.15) is 29.5 Å². The van der Waals surface area contributed by atoms with Crippen LogP contribution in [0.2, 0.25) is 10.0 Å². The van der Waals surface area contributed by atoms with Gasteiger partial charge in [-0.2, -0.15) is 13.2 Å². The Labute approximate surface area is 302 Å². The number of alkyl halides is 3. The molecule has 14 heteroatoms. The van der Waals surface area contributed by atoms with Crippen LogP contribution in [0.3, 0.4) is 0 Å². The van der Waals surface area contributed by atoms with E-state index < -0.39 is 23.5 Å². The first-order valence-corrected chi connectivity index (χ1v) is 16.7. The van der Waals surface area contributed by atoms with Gasteiger partial charge in [0.05, 0.1) is 15.6 Å². The number of amides is 2. The molecule has 0 aliphatic carbocycles. The van der Waals surface area contributed by atoms with Gasteiger partial charge in [-0.15, -0.1) is 0 Å². The first-order valence-electron chi connectivity index (χ1n) is 16.0. The predicted octanol–water partition coefficient (Wildman–Crippen LogP) is 8.80. The van der Waals surface area contributed by atoms with Crippen molar-refractivity contribution in [2.24, 2.45) is 0 Å². The van der Waals surface area contributed by atoms with Crippen LogP contribution < -0.4 is 20.4 Å². The molecule has 51 heavy (non-hydrogen) atoms. The van der Waals surface area contributed by atoms with Crippen molar-refractivity contribution in [3.63, 3.8) is 0 Å². The monoisotopic (exact) mass is 740 g/mol.